The van der Waals surface area contributed by atoms with Crippen molar-refractivity contribution < 1.29 is 23.7 Å². The Morgan fingerprint density at radius 2 is 1.73 bits per heavy atom. The minimum absolute atomic E-state index is 0.123. The van der Waals surface area contributed by atoms with Gasteiger partial charge in [-0.1, -0.05) is 12.1 Å². The molecule has 180 valence electrons. The highest BCUT2D eigenvalue weighted by atomic mass is 16.5. The van der Waals surface area contributed by atoms with Crippen molar-refractivity contribution in [1.82, 2.24) is 9.80 Å². The number of ether oxygens (including phenoxy) is 4. The third kappa shape index (κ3) is 5.51. The minimum Gasteiger partial charge on any atom is -0.492 e. The van der Waals surface area contributed by atoms with Crippen molar-refractivity contribution in [2.75, 3.05) is 55.1 Å². The number of carbonyl (C=O) groups is 1. The Morgan fingerprint density at radius 3 is 2.30 bits per heavy atom. The van der Waals surface area contributed by atoms with Crippen LogP contribution in [0.4, 0.5) is 0 Å². The van der Waals surface area contributed by atoms with E-state index < -0.39 is 0 Å². The van der Waals surface area contributed by atoms with Crippen molar-refractivity contribution >= 4 is 5.91 Å². The van der Waals surface area contributed by atoms with Gasteiger partial charge < -0.3 is 34.5 Å². The zero-order valence-electron chi connectivity index (χ0n) is 20.2. The Hall–Kier alpha value is -2.97. The summed E-state index contributed by atoms with van der Waals surface area (Å²) in [6.45, 7) is 1.93. The number of likely N-dealkylation sites (N-methyl/N-ethyl adjacent to an activating group) is 1. The molecule has 1 atom stereocenters. The van der Waals surface area contributed by atoms with E-state index in [0.717, 1.165) is 24.8 Å². The molecule has 0 bridgehead atoms. The van der Waals surface area contributed by atoms with Gasteiger partial charge in [-0.05, 0) is 57.6 Å². The number of likely N-dealkylation sites (tertiary alicyclic amines) is 1. The van der Waals surface area contributed by atoms with Gasteiger partial charge >= 0.3 is 0 Å². The van der Waals surface area contributed by atoms with Crippen LogP contribution < -0.4 is 24.7 Å². The van der Waals surface area contributed by atoms with Crippen molar-refractivity contribution in [1.29, 1.82) is 0 Å². The first-order chi connectivity index (χ1) is 15.9. The van der Waals surface area contributed by atoms with Gasteiger partial charge in [0.2, 0.25) is 11.5 Å². The maximum Gasteiger partial charge on any atom is 0.257 e. The number of hydrogen-bond acceptors (Lipinski definition) is 7. The lowest BCUT2D eigenvalue weighted by molar-refractivity contribution is 0.0630. The van der Waals surface area contributed by atoms with Crippen molar-refractivity contribution in [3.05, 3.63) is 41.5 Å². The average molecular weight is 458 g/mol. The first-order valence-corrected chi connectivity index (χ1v) is 11.2. The fraction of sp³-hybridized carbons (Fsp3) is 0.480. The number of piperidine rings is 1. The van der Waals surface area contributed by atoms with Gasteiger partial charge in [-0.3, -0.25) is 4.79 Å². The maximum absolute atomic E-state index is 13.6. The average Bonchev–Trinajstić information content (AvgIpc) is 2.84. The molecule has 1 amide bonds. The number of hydrogen-bond donors (Lipinski definition) is 1. The van der Waals surface area contributed by atoms with E-state index in [1.54, 1.807) is 6.07 Å². The molecule has 1 saturated heterocycles. The molecular formula is C25H35N3O5. The summed E-state index contributed by atoms with van der Waals surface area (Å²) >= 11 is 0. The zero-order valence-corrected chi connectivity index (χ0v) is 20.2. The second-order valence-corrected chi connectivity index (χ2v) is 8.32. The monoisotopic (exact) mass is 457 g/mol. The molecule has 2 aromatic rings. The van der Waals surface area contributed by atoms with E-state index in [-0.39, 0.29) is 5.91 Å². The molecule has 3 rings (SSSR count). The Bertz CT molecular complexity index is 946. The first kappa shape index (κ1) is 24.7. The number of benzene rings is 2. The SMILES string of the molecule is COc1c(Oc2ccc(CCN)cc2)cc(C(=O)N2CCCC(N(C)C)C2)c(OC)c1OC. The highest BCUT2D eigenvalue weighted by Gasteiger charge is 2.31. The van der Waals surface area contributed by atoms with E-state index in [1.165, 1.54) is 21.3 Å². The lowest BCUT2D eigenvalue weighted by Crippen LogP contribution is -2.47. The fourth-order valence-corrected chi connectivity index (χ4v) is 4.16. The number of carbonyl (C=O) groups excluding carboxylic acids is 1. The van der Waals surface area contributed by atoms with Gasteiger partial charge in [-0.15, -0.1) is 0 Å². The van der Waals surface area contributed by atoms with Crippen LogP contribution in [0, 0.1) is 0 Å². The molecule has 33 heavy (non-hydrogen) atoms. The molecule has 2 N–H and O–H groups in total. The van der Waals surface area contributed by atoms with Crippen molar-refractivity contribution in [2.24, 2.45) is 5.73 Å². The molecule has 1 heterocycles. The lowest BCUT2D eigenvalue weighted by atomic mass is 10.0. The van der Waals surface area contributed by atoms with Crippen LogP contribution in [0.5, 0.6) is 28.7 Å². The van der Waals surface area contributed by atoms with Crippen LogP contribution in [0.2, 0.25) is 0 Å². The van der Waals surface area contributed by atoms with E-state index in [0.29, 0.717) is 60.0 Å². The highest BCUT2D eigenvalue weighted by Crippen LogP contribution is 2.48. The molecular weight excluding hydrogens is 422 g/mol. The number of nitrogens with zero attached hydrogens (tertiary/aromatic N) is 2. The Kier molecular flexibility index (Phi) is 8.41. The van der Waals surface area contributed by atoms with Crippen LogP contribution >= 0.6 is 0 Å². The molecule has 0 radical (unpaired) electrons. The molecule has 0 spiro atoms. The van der Waals surface area contributed by atoms with Gasteiger partial charge in [0.05, 0.1) is 26.9 Å². The molecule has 2 aromatic carbocycles. The number of nitrogens with two attached hydrogens (primary N) is 1. The standard InChI is InChI=1S/C25H35N3O5/c1-27(2)18-7-6-14-28(16-18)25(29)20-15-21(23(31-4)24(32-5)22(20)30-3)33-19-10-8-17(9-11-19)12-13-26/h8-11,15,18H,6-7,12-14,16,26H2,1-5H3. The number of rotatable bonds is 9. The van der Waals surface area contributed by atoms with Crippen molar-refractivity contribution in [3.63, 3.8) is 0 Å². The summed E-state index contributed by atoms with van der Waals surface area (Å²) in [5.74, 6) is 1.89. The fourth-order valence-electron chi connectivity index (χ4n) is 4.16. The topological polar surface area (TPSA) is 86.5 Å². The van der Waals surface area contributed by atoms with Gasteiger partial charge in [0.15, 0.2) is 11.5 Å². The predicted molar refractivity (Wildman–Crippen MR) is 128 cm³/mol. The van der Waals surface area contributed by atoms with Crippen molar-refractivity contribution in [2.45, 2.75) is 25.3 Å². The minimum atomic E-state index is -0.123. The summed E-state index contributed by atoms with van der Waals surface area (Å²) in [6.07, 6.45) is 2.81. The summed E-state index contributed by atoms with van der Waals surface area (Å²) in [5, 5.41) is 0. The largest absolute Gasteiger partial charge is 0.492 e. The second kappa shape index (κ2) is 11.2. The van der Waals surface area contributed by atoms with Crippen LogP contribution in [-0.4, -0.2) is 76.8 Å². The van der Waals surface area contributed by atoms with E-state index in [2.05, 4.69) is 4.90 Å². The van der Waals surface area contributed by atoms with Crippen LogP contribution in [-0.2, 0) is 6.42 Å². The Morgan fingerprint density at radius 1 is 1.06 bits per heavy atom. The molecule has 8 nitrogen and oxygen atoms in total. The third-order valence-corrected chi connectivity index (χ3v) is 6.00. The summed E-state index contributed by atoms with van der Waals surface area (Å²) in [5.41, 5.74) is 7.14. The summed E-state index contributed by atoms with van der Waals surface area (Å²) in [7, 11) is 8.65. The van der Waals surface area contributed by atoms with E-state index in [9.17, 15) is 4.79 Å². The summed E-state index contributed by atoms with van der Waals surface area (Å²) in [6, 6.07) is 9.67. The van der Waals surface area contributed by atoms with Crippen LogP contribution in [0.3, 0.4) is 0 Å². The first-order valence-electron chi connectivity index (χ1n) is 11.2. The Labute approximate surface area is 196 Å². The summed E-state index contributed by atoms with van der Waals surface area (Å²) < 4.78 is 23.0. The molecule has 0 aromatic heterocycles. The maximum atomic E-state index is 13.6. The molecule has 1 aliphatic rings. The smallest absolute Gasteiger partial charge is 0.257 e. The van der Waals surface area contributed by atoms with Crippen molar-refractivity contribution in [3.8, 4) is 28.7 Å². The van der Waals surface area contributed by atoms with Gasteiger partial charge in [-0.2, -0.15) is 0 Å². The van der Waals surface area contributed by atoms with Gasteiger partial charge in [-0.25, -0.2) is 0 Å². The van der Waals surface area contributed by atoms with Crippen LogP contribution in [0.15, 0.2) is 30.3 Å². The van der Waals surface area contributed by atoms with Crippen LogP contribution in [0.1, 0.15) is 28.8 Å². The molecule has 1 unspecified atom stereocenters. The summed E-state index contributed by atoms with van der Waals surface area (Å²) in [4.78, 5) is 17.6. The normalized spacial score (nSPS) is 16.0. The highest BCUT2D eigenvalue weighted by molar-refractivity contribution is 5.99. The van der Waals surface area contributed by atoms with E-state index >= 15 is 0 Å². The third-order valence-electron chi connectivity index (χ3n) is 6.00. The zero-order chi connectivity index (χ0) is 24.0. The second-order valence-electron chi connectivity index (χ2n) is 8.32. The predicted octanol–water partition coefficient (Wildman–Crippen LogP) is 3.17. The molecule has 8 heteroatoms. The molecule has 1 fully saturated rings. The molecule has 0 saturated carbocycles. The quantitative estimate of drug-likeness (QED) is 0.619. The molecule has 1 aliphatic heterocycles. The molecule has 0 aliphatic carbocycles. The number of amides is 1. The van der Waals surface area contributed by atoms with Gasteiger partial charge in [0.25, 0.3) is 5.91 Å². The number of methoxy groups -OCH3 is 3. The lowest BCUT2D eigenvalue weighted by Gasteiger charge is -2.36. The van der Waals surface area contributed by atoms with E-state index in [4.69, 9.17) is 24.7 Å². The van der Waals surface area contributed by atoms with Gasteiger partial charge in [0, 0.05) is 25.2 Å². The Balaban J connectivity index is 2.00. The van der Waals surface area contributed by atoms with E-state index in [1.807, 2.05) is 43.3 Å². The van der Waals surface area contributed by atoms with Gasteiger partial charge in [0.1, 0.15) is 5.75 Å². The van der Waals surface area contributed by atoms with Crippen LogP contribution in [0.25, 0.3) is 0 Å².